The minimum Gasteiger partial charge on any atom is -0.493 e. The third-order valence-corrected chi connectivity index (χ3v) is 4.57. The molecule has 0 saturated heterocycles. The Kier molecular flexibility index (Phi) is 6.01. The highest BCUT2D eigenvalue weighted by molar-refractivity contribution is 5.92. The molecule has 1 saturated carbocycles. The van der Waals surface area contributed by atoms with Crippen molar-refractivity contribution in [3.8, 4) is 17.2 Å². The first-order valence-corrected chi connectivity index (χ1v) is 8.99. The molecule has 3 rings (SSSR count). The Morgan fingerprint density at radius 3 is 2.19 bits per heavy atom. The van der Waals surface area contributed by atoms with Crippen LogP contribution in [0.5, 0.6) is 17.2 Å². The molecule has 0 aliphatic heterocycles. The first-order chi connectivity index (χ1) is 13.2. The van der Waals surface area contributed by atoms with E-state index in [2.05, 4.69) is 0 Å². The molecule has 1 aliphatic carbocycles. The van der Waals surface area contributed by atoms with Crippen molar-refractivity contribution in [3.63, 3.8) is 0 Å². The predicted molar refractivity (Wildman–Crippen MR) is 105 cm³/mol. The molecule has 1 aliphatic rings. The Labute approximate surface area is 160 Å². The van der Waals surface area contributed by atoms with Gasteiger partial charge in [-0.15, -0.1) is 0 Å². The quantitative estimate of drug-likeness (QED) is 0.664. The number of methoxy groups -OCH3 is 3. The van der Waals surface area contributed by atoms with E-state index in [1.807, 2.05) is 47.4 Å². The molecular weight excluding hydrogens is 342 g/mol. The highest BCUT2D eigenvalue weighted by atomic mass is 16.5. The summed E-state index contributed by atoms with van der Waals surface area (Å²) >= 11 is 0. The van der Waals surface area contributed by atoms with Crippen LogP contribution in [0.25, 0.3) is 6.08 Å². The molecule has 1 fully saturated rings. The number of nitrogens with zero attached hydrogens (tertiary/aromatic N) is 1. The van der Waals surface area contributed by atoms with Crippen LogP contribution in [0, 0.1) is 0 Å². The minimum atomic E-state index is 0.00936. The second kappa shape index (κ2) is 8.62. The lowest BCUT2D eigenvalue weighted by Crippen LogP contribution is -2.31. The van der Waals surface area contributed by atoms with Crippen LogP contribution < -0.4 is 14.2 Å². The van der Waals surface area contributed by atoms with Gasteiger partial charge in [-0.25, -0.2) is 0 Å². The van der Waals surface area contributed by atoms with E-state index in [1.54, 1.807) is 33.5 Å². The van der Waals surface area contributed by atoms with Crippen LogP contribution in [0.1, 0.15) is 24.0 Å². The summed E-state index contributed by atoms with van der Waals surface area (Å²) in [7, 11) is 4.71. The summed E-state index contributed by atoms with van der Waals surface area (Å²) in [6.45, 7) is 0.629. The van der Waals surface area contributed by atoms with Crippen molar-refractivity contribution in [3.05, 3.63) is 59.7 Å². The van der Waals surface area contributed by atoms with Gasteiger partial charge in [-0.3, -0.25) is 4.79 Å². The number of benzene rings is 2. The molecule has 0 spiro atoms. The first-order valence-electron chi connectivity index (χ1n) is 8.99. The molecule has 27 heavy (non-hydrogen) atoms. The van der Waals surface area contributed by atoms with Crippen molar-refractivity contribution in [1.29, 1.82) is 0 Å². The van der Waals surface area contributed by atoms with Gasteiger partial charge in [0.05, 0.1) is 21.3 Å². The Bertz CT molecular complexity index is 787. The maximum Gasteiger partial charge on any atom is 0.247 e. The smallest absolute Gasteiger partial charge is 0.247 e. The molecule has 2 aromatic carbocycles. The molecule has 2 aromatic rings. The lowest BCUT2D eigenvalue weighted by molar-refractivity contribution is -0.127. The molecule has 0 unspecified atom stereocenters. The molecule has 0 atom stereocenters. The molecule has 0 aromatic heterocycles. The minimum absolute atomic E-state index is 0.00936. The average molecular weight is 367 g/mol. The first kappa shape index (κ1) is 18.8. The highest BCUT2D eigenvalue weighted by Crippen LogP contribution is 2.38. The third kappa shape index (κ3) is 4.61. The number of carbonyl (C=O) groups is 1. The van der Waals surface area contributed by atoms with Crippen LogP contribution in [0.15, 0.2) is 48.5 Å². The SMILES string of the molecule is COc1cc(/C=C/C(=O)N(Cc2ccccc2)C2CC2)cc(OC)c1OC. The van der Waals surface area contributed by atoms with Crippen molar-refractivity contribution in [2.45, 2.75) is 25.4 Å². The van der Waals surface area contributed by atoms with Gasteiger partial charge < -0.3 is 19.1 Å². The van der Waals surface area contributed by atoms with Crippen molar-refractivity contribution in [2.24, 2.45) is 0 Å². The van der Waals surface area contributed by atoms with E-state index in [-0.39, 0.29) is 5.91 Å². The Morgan fingerprint density at radius 1 is 1.04 bits per heavy atom. The lowest BCUT2D eigenvalue weighted by Gasteiger charge is -2.21. The summed E-state index contributed by atoms with van der Waals surface area (Å²) < 4.78 is 16.1. The van der Waals surface area contributed by atoms with Crippen LogP contribution in [-0.4, -0.2) is 38.2 Å². The van der Waals surface area contributed by atoms with Gasteiger partial charge in [-0.2, -0.15) is 0 Å². The molecule has 142 valence electrons. The number of hydrogen-bond donors (Lipinski definition) is 0. The summed E-state index contributed by atoms with van der Waals surface area (Å²) in [5.41, 5.74) is 1.95. The lowest BCUT2D eigenvalue weighted by atomic mass is 10.1. The van der Waals surface area contributed by atoms with Gasteiger partial charge in [0, 0.05) is 18.7 Å². The van der Waals surface area contributed by atoms with Gasteiger partial charge in [0.25, 0.3) is 0 Å². The molecule has 0 N–H and O–H groups in total. The largest absolute Gasteiger partial charge is 0.493 e. The van der Waals surface area contributed by atoms with Gasteiger partial charge >= 0.3 is 0 Å². The zero-order valence-corrected chi connectivity index (χ0v) is 16.0. The van der Waals surface area contributed by atoms with E-state index >= 15 is 0 Å². The van der Waals surface area contributed by atoms with E-state index in [1.165, 1.54) is 0 Å². The molecule has 0 bridgehead atoms. The zero-order valence-electron chi connectivity index (χ0n) is 16.0. The van der Waals surface area contributed by atoms with Crippen LogP contribution in [0.3, 0.4) is 0 Å². The molecule has 1 amide bonds. The van der Waals surface area contributed by atoms with Gasteiger partial charge in [0.15, 0.2) is 11.5 Å². The predicted octanol–water partition coefficient (Wildman–Crippen LogP) is 3.92. The number of amides is 1. The Balaban J connectivity index is 1.78. The van der Waals surface area contributed by atoms with Crippen LogP contribution in [-0.2, 0) is 11.3 Å². The Hall–Kier alpha value is -2.95. The summed E-state index contributed by atoms with van der Waals surface area (Å²) in [6.07, 6.45) is 5.53. The number of hydrogen-bond acceptors (Lipinski definition) is 4. The number of rotatable bonds is 8. The normalized spacial score (nSPS) is 13.4. The second-order valence-electron chi connectivity index (χ2n) is 6.47. The molecule has 5 nitrogen and oxygen atoms in total. The second-order valence-corrected chi connectivity index (χ2v) is 6.47. The van der Waals surface area contributed by atoms with Gasteiger partial charge in [-0.1, -0.05) is 30.3 Å². The van der Waals surface area contributed by atoms with E-state index < -0.39 is 0 Å². The van der Waals surface area contributed by atoms with Gasteiger partial charge in [0.2, 0.25) is 11.7 Å². The standard InChI is InChI=1S/C22H25NO4/c1-25-19-13-17(14-20(26-2)22(19)27-3)9-12-21(24)23(18-10-11-18)15-16-7-5-4-6-8-16/h4-9,12-14,18H,10-11,15H2,1-3H3/b12-9+. The van der Waals surface area contributed by atoms with Crippen molar-refractivity contribution >= 4 is 12.0 Å². The van der Waals surface area contributed by atoms with E-state index in [0.29, 0.717) is 29.8 Å². The van der Waals surface area contributed by atoms with Gasteiger partial charge in [-0.05, 0) is 42.2 Å². The fourth-order valence-electron chi connectivity index (χ4n) is 3.01. The molecule has 5 heteroatoms. The molecular formula is C22H25NO4. The maximum absolute atomic E-state index is 12.8. The summed E-state index contributed by atoms with van der Waals surface area (Å²) in [5, 5.41) is 0. The van der Waals surface area contributed by atoms with Gasteiger partial charge in [0.1, 0.15) is 0 Å². The fraction of sp³-hybridized carbons (Fsp3) is 0.318. The van der Waals surface area contributed by atoms with E-state index in [0.717, 1.165) is 24.0 Å². The van der Waals surface area contributed by atoms with Crippen molar-refractivity contribution in [2.75, 3.05) is 21.3 Å². The monoisotopic (exact) mass is 367 g/mol. The molecule has 0 radical (unpaired) electrons. The third-order valence-electron chi connectivity index (χ3n) is 4.57. The number of carbonyl (C=O) groups excluding carboxylic acids is 1. The molecule has 0 heterocycles. The summed E-state index contributed by atoms with van der Waals surface area (Å²) in [6, 6.07) is 14.1. The van der Waals surface area contributed by atoms with Crippen LogP contribution >= 0.6 is 0 Å². The topological polar surface area (TPSA) is 48.0 Å². The van der Waals surface area contributed by atoms with Crippen LogP contribution in [0.2, 0.25) is 0 Å². The number of ether oxygens (including phenoxy) is 3. The summed E-state index contributed by atoms with van der Waals surface area (Å²) in [5.74, 6) is 1.67. The van der Waals surface area contributed by atoms with Crippen molar-refractivity contribution in [1.82, 2.24) is 4.90 Å². The van der Waals surface area contributed by atoms with Crippen LogP contribution in [0.4, 0.5) is 0 Å². The fourth-order valence-corrected chi connectivity index (χ4v) is 3.01. The summed E-state index contributed by atoms with van der Waals surface area (Å²) in [4.78, 5) is 14.7. The Morgan fingerprint density at radius 2 is 1.67 bits per heavy atom. The van der Waals surface area contributed by atoms with E-state index in [4.69, 9.17) is 14.2 Å². The van der Waals surface area contributed by atoms with Crippen molar-refractivity contribution < 1.29 is 19.0 Å². The van der Waals surface area contributed by atoms with E-state index in [9.17, 15) is 4.79 Å². The maximum atomic E-state index is 12.8. The average Bonchev–Trinajstić information content (AvgIpc) is 3.55. The highest BCUT2D eigenvalue weighted by Gasteiger charge is 2.31. The zero-order chi connectivity index (χ0) is 19.2.